The van der Waals surface area contributed by atoms with E-state index in [-0.39, 0.29) is 17.9 Å². The minimum atomic E-state index is -0.258. The first-order valence-corrected chi connectivity index (χ1v) is 8.27. The molecule has 0 radical (unpaired) electrons. The van der Waals surface area contributed by atoms with Gasteiger partial charge in [0.15, 0.2) is 0 Å². The zero-order valence-electron chi connectivity index (χ0n) is 16.2. The molecule has 0 saturated carbocycles. The van der Waals surface area contributed by atoms with Crippen molar-refractivity contribution < 1.29 is 19.1 Å². The van der Waals surface area contributed by atoms with E-state index in [1.165, 1.54) is 14.0 Å². The van der Waals surface area contributed by atoms with Crippen LogP contribution in [-0.2, 0) is 19.1 Å². The average molecular weight is 342 g/mol. The van der Waals surface area contributed by atoms with Crippen LogP contribution < -0.4 is 5.32 Å². The maximum Gasteiger partial charge on any atom is 0.333 e. The number of hydrogen-bond donors (Lipinski definition) is 1. The SMILES string of the molecule is C#N.CC.CCC(C)OC.COC(=O)C1=CCC(NC(C)=O)CC1. The third-order valence-electron chi connectivity index (χ3n) is 3.24. The van der Waals surface area contributed by atoms with Crippen LogP contribution in [0.15, 0.2) is 11.6 Å². The lowest BCUT2D eigenvalue weighted by atomic mass is 9.95. The van der Waals surface area contributed by atoms with Gasteiger partial charge in [0.2, 0.25) is 5.91 Å². The molecule has 0 aromatic rings. The van der Waals surface area contributed by atoms with Crippen molar-refractivity contribution in [2.45, 2.75) is 72.4 Å². The molecule has 0 fully saturated rings. The van der Waals surface area contributed by atoms with Crippen LogP contribution in [0.4, 0.5) is 0 Å². The van der Waals surface area contributed by atoms with E-state index in [0.29, 0.717) is 24.5 Å². The van der Waals surface area contributed by atoms with Gasteiger partial charge in [-0.15, -0.1) is 0 Å². The number of amides is 1. The lowest BCUT2D eigenvalue weighted by Gasteiger charge is -2.21. The Balaban J connectivity index is -0.000000371. The highest BCUT2D eigenvalue weighted by Crippen LogP contribution is 2.18. The molecule has 140 valence electrons. The molecule has 1 rings (SSSR count). The van der Waals surface area contributed by atoms with Crippen LogP contribution in [0.25, 0.3) is 0 Å². The van der Waals surface area contributed by atoms with Gasteiger partial charge in [-0.05, 0) is 32.6 Å². The molecule has 6 nitrogen and oxygen atoms in total. The molecule has 0 aromatic carbocycles. The van der Waals surface area contributed by atoms with Gasteiger partial charge in [-0.2, -0.15) is 0 Å². The van der Waals surface area contributed by atoms with Crippen LogP contribution in [0.2, 0.25) is 0 Å². The van der Waals surface area contributed by atoms with Gasteiger partial charge in [-0.1, -0.05) is 26.8 Å². The Bertz CT molecular complexity index is 374. The second-order valence-corrected chi connectivity index (χ2v) is 4.85. The van der Waals surface area contributed by atoms with Crippen LogP contribution in [0, 0.1) is 11.8 Å². The Hall–Kier alpha value is -1.87. The van der Waals surface area contributed by atoms with Gasteiger partial charge in [0.25, 0.3) is 0 Å². The van der Waals surface area contributed by atoms with Crippen molar-refractivity contribution >= 4 is 11.9 Å². The largest absolute Gasteiger partial charge is 0.466 e. The molecule has 0 heterocycles. The van der Waals surface area contributed by atoms with Crippen molar-refractivity contribution in [1.29, 1.82) is 5.26 Å². The fourth-order valence-corrected chi connectivity index (χ4v) is 1.74. The lowest BCUT2D eigenvalue weighted by Crippen LogP contribution is -2.34. The zero-order chi connectivity index (χ0) is 19.5. The highest BCUT2D eigenvalue weighted by molar-refractivity contribution is 5.88. The standard InChI is InChI=1S/C10H15NO3.C5H12O.C2H6.CHN/c1-7(12)11-9-5-3-8(4-6-9)10(13)14-2;1-4-5(2)6-3;2*1-2/h3,9H,4-6H2,1-2H3,(H,11,12);5H,4H2,1-3H3;1-2H3;1H. The first-order valence-electron chi connectivity index (χ1n) is 8.27. The Morgan fingerprint density at radius 2 is 1.92 bits per heavy atom. The number of carbonyl (C=O) groups excluding carboxylic acids is 2. The first kappa shape index (κ1) is 27.0. The maximum absolute atomic E-state index is 11.1. The van der Waals surface area contributed by atoms with Gasteiger partial charge in [-0.25, -0.2) is 10.1 Å². The molecule has 1 aliphatic carbocycles. The summed E-state index contributed by atoms with van der Waals surface area (Å²) in [5.41, 5.74) is 0.717. The minimum absolute atomic E-state index is 0.0232. The maximum atomic E-state index is 11.1. The molecule has 0 spiro atoms. The highest BCUT2D eigenvalue weighted by Gasteiger charge is 2.19. The summed E-state index contributed by atoms with van der Waals surface area (Å²) < 4.78 is 9.51. The normalized spacial score (nSPS) is 16.2. The van der Waals surface area contributed by atoms with Crippen LogP contribution >= 0.6 is 0 Å². The second kappa shape index (κ2) is 19.2. The summed E-state index contributed by atoms with van der Waals surface area (Å²) >= 11 is 0. The number of methoxy groups -OCH3 is 2. The molecule has 0 bridgehead atoms. The third kappa shape index (κ3) is 15.0. The summed E-state index contributed by atoms with van der Waals surface area (Å²) in [6.45, 7) is 13.2. The highest BCUT2D eigenvalue weighted by atomic mass is 16.5. The van der Waals surface area contributed by atoms with Gasteiger partial charge in [0, 0.05) is 32.2 Å². The Labute approximate surface area is 147 Å². The molecule has 2 unspecified atom stereocenters. The molecule has 0 saturated heterocycles. The molecule has 1 N–H and O–H groups in total. The molecule has 0 aromatic heterocycles. The van der Waals surface area contributed by atoms with Crippen molar-refractivity contribution in [2.24, 2.45) is 0 Å². The molecule has 2 atom stereocenters. The summed E-state index contributed by atoms with van der Waals surface area (Å²) in [6, 6.07) is 0.168. The molecule has 6 heteroatoms. The quantitative estimate of drug-likeness (QED) is 0.791. The van der Waals surface area contributed by atoms with Crippen molar-refractivity contribution in [2.75, 3.05) is 14.2 Å². The van der Waals surface area contributed by atoms with E-state index in [4.69, 9.17) is 10.00 Å². The van der Waals surface area contributed by atoms with E-state index in [0.717, 1.165) is 12.8 Å². The molecule has 24 heavy (non-hydrogen) atoms. The predicted octanol–water partition coefficient (Wildman–Crippen LogP) is 3.37. The lowest BCUT2D eigenvalue weighted by molar-refractivity contribution is -0.136. The topological polar surface area (TPSA) is 88.4 Å². The Kier molecular flexibility index (Phi) is 21.6. The van der Waals surface area contributed by atoms with Crippen molar-refractivity contribution in [3.8, 4) is 6.57 Å². The molecule has 1 aliphatic rings. The smallest absolute Gasteiger partial charge is 0.333 e. The van der Waals surface area contributed by atoms with Gasteiger partial charge in [-0.3, -0.25) is 4.79 Å². The van der Waals surface area contributed by atoms with Gasteiger partial charge >= 0.3 is 5.97 Å². The van der Waals surface area contributed by atoms with Crippen molar-refractivity contribution in [3.63, 3.8) is 0 Å². The van der Waals surface area contributed by atoms with E-state index in [9.17, 15) is 9.59 Å². The number of ether oxygens (including phenoxy) is 2. The predicted molar refractivity (Wildman–Crippen MR) is 96.3 cm³/mol. The fraction of sp³-hybridized carbons (Fsp3) is 0.722. The number of hydrogen-bond acceptors (Lipinski definition) is 5. The molecule has 0 aliphatic heterocycles. The summed E-state index contributed by atoms with van der Waals surface area (Å²) in [5, 5.41) is 9.32. The summed E-state index contributed by atoms with van der Waals surface area (Å²) in [4.78, 5) is 21.9. The number of nitrogens with zero attached hydrogens (tertiary/aromatic N) is 1. The fourth-order valence-electron chi connectivity index (χ4n) is 1.74. The zero-order valence-corrected chi connectivity index (χ0v) is 16.2. The van der Waals surface area contributed by atoms with Gasteiger partial charge in [0.05, 0.1) is 13.2 Å². The minimum Gasteiger partial charge on any atom is -0.466 e. The third-order valence-corrected chi connectivity index (χ3v) is 3.24. The molecule has 1 amide bonds. The van der Waals surface area contributed by atoms with Crippen LogP contribution in [0.3, 0.4) is 0 Å². The Morgan fingerprint density at radius 3 is 2.17 bits per heavy atom. The van der Waals surface area contributed by atoms with Crippen molar-refractivity contribution in [3.05, 3.63) is 11.6 Å². The van der Waals surface area contributed by atoms with E-state index in [2.05, 4.69) is 30.5 Å². The number of nitriles is 1. The van der Waals surface area contributed by atoms with E-state index in [1.54, 1.807) is 7.11 Å². The average Bonchev–Trinajstić information content (AvgIpc) is 2.64. The molecular formula is C18H34N2O4. The summed E-state index contributed by atoms with van der Waals surface area (Å²) in [5.74, 6) is -0.281. The van der Waals surface area contributed by atoms with Gasteiger partial charge in [0.1, 0.15) is 0 Å². The Morgan fingerprint density at radius 1 is 1.38 bits per heavy atom. The van der Waals surface area contributed by atoms with Crippen LogP contribution in [0.5, 0.6) is 0 Å². The second-order valence-electron chi connectivity index (χ2n) is 4.85. The van der Waals surface area contributed by atoms with E-state index >= 15 is 0 Å². The van der Waals surface area contributed by atoms with Crippen LogP contribution in [-0.4, -0.2) is 38.2 Å². The number of esters is 1. The van der Waals surface area contributed by atoms with E-state index in [1.807, 2.05) is 19.9 Å². The summed E-state index contributed by atoms with van der Waals surface area (Å²) in [7, 11) is 3.11. The monoisotopic (exact) mass is 342 g/mol. The van der Waals surface area contributed by atoms with Crippen molar-refractivity contribution in [1.82, 2.24) is 5.32 Å². The number of nitrogens with one attached hydrogen (secondary N) is 1. The number of rotatable bonds is 4. The number of carbonyl (C=O) groups is 2. The summed E-state index contributed by atoms with van der Waals surface area (Å²) in [6.07, 6.45) is 5.58. The molecular weight excluding hydrogens is 308 g/mol. The first-order chi connectivity index (χ1) is 11.4. The van der Waals surface area contributed by atoms with Gasteiger partial charge < -0.3 is 14.8 Å². The van der Waals surface area contributed by atoms with E-state index < -0.39 is 0 Å². The van der Waals surface area contributed by atoms with Crippen LogP contribution in [0.1, 0.15) is 60.3 Å².